The molecular weight excluding hydrogens is 431 g/mol. The van der Waals surface area contributed by atoms with Crippen LogP contribution in [0.5, 0.6) is 0 Å². The molecule has 0 fully saturated rings. The highest BCUT2D eigenvalue weighted by Crippen LogP contribution is 2.45. The number of alkyl halides is 3. The lowest BCUT2D eigenvalue weighted by molar-refractivity contribution is -0.133. The molecule has 0 aliphatic heterocycles. The lowest BCUT2D eigenvalue weighted by atomic mass is 10.1. The molecule has 0 spiro atoms. The zero-order chi connectivity index (χ0) is 20.9. The second-order valence-electron chi connectivity index (χ2n) is 6.78. The topological polar surface area (TPSA) is 44.5 Å². The van der Waals surface area contributed by atoms with Crippen LogP contribution in [0.15, 0.2) is 66.9 Å². The Labute approximate surface area is 178 Å². The molecule has 8 heteroatoms. The Morgan fingerprint density at radius 1 is 0.933 bits per heavy atom. The molecule has 3 heterocycles. The van der Waals surface area contributed by atoms with Crippen LogP contribution in [-0.4, -0.2) is 15.2 Å². The summed E-state index contributed by atoms with van der Waals surface area (Å²) in [7, 11) is 0. The Balaban J connectivity index is 1.57. The van der Waals surface area contributed by atoms with E-state index in [-0.39, 0.29) is 5.56 Å². The lowest BCUT2D eigenvalue weighted by Gasteiger charge is -2.07. The Morgan fingerprint density at radius 2 is 1.73 bits per heavy atom. The molecule has 30 heavy (non-hydrogen) atoms. The van der Waals surface area contributed by atoms with Crippen LogP contribution >= 0.6 is 22.9 Å². The zero-order valence-corrected chi connectivity index (χ0v) is 16.8. The largest absolute Gasteiger partial charge is 0.426 e. The first kappa shape index (κ1) is 19.0. The van der Waals surface area contributed by atoms with Crippen molar-refractivity contribution in [1.29, 1.82) is 0 Å². The van der Waals surface area contributed by atoms with Crippen molar-refractivity contribution < 1.29 is 13.2 Å². The van der Waals surface area contributed by atoms with Gasteiger partial charge < -0.3 is 4.98 Å². The summed E-state index contributed by atoms with van der Waals surface area (Å²) >= 11 is 6.90. The third-order valence-corrected chi connectivity index (χ3v) is 6.37. The minimum absolute atomic E-state index is 0.166. The summed E-state index contributed by atoms with van der Waals surface area (Å²) in [6.45, 7) is 0. The number of H-pyrrole nitrogens is 2. The number of aromatic amines is 2. The van der Waals surface area contributed by atoms with Crippen molar-refractivity contribution >= 4 is 33.8 Å². The molecule has 0 aliphatic rings. The average molecular weight is 444 g/mol. The SMILES string of the molecule is FC(F)(F)c1sc(-c2cc(-c3ccc4[nH]cc(Cl)c4c3)n[nH]2)cc1-c1ccccc1. The monoisotopic (exact) mass is 443 g/mol. The predicted octanol–water partition coefficient (Wildman–Crippen LogP) is 7.63. The van der Waals surface area contributed by atoms with Gasteiger partial charge in [0.05, 0.1) is 21.3 Å². The number of hydrogen-bond donors (Lipinski definition) is 2. The van der Waals surface area contributed by atoms with Crippen molar-refractivity contribution in [3.63, 3.8) is 0 Å². The number of nitrogens with one attached hydrogen (secondary N) is 2. The maximum atomic E-state index is 13.7. The Bertz CT molecular complexity index is 1350. The first-order valence-electron chi connectivity index (χ1n) is 8.99. The molecule has 0 unspecified atom stereocenters. The number of nitrogens with zero attached hydrogens (tertiary/aromatic N) is 1. The van der Waals surface area contributed by atoms with Gasteiger partial charge in [0.15, 0.2) is 0 Å². The summed E-state index contributed by atoms with van der Waals surface area (Å²) < 4.78 is 41.0. The number of hydrogen-bond acceptors (Lipinski definition) is 2. The van der Waals surface area contributed by atoms with Gasteiger partial charge in [-0.05, 0) is 29.8 Å². The van der Waals surface area contributed by atoms with Crippen LogP contribution in [0, 0.1) is 0 Å². The zero-order valence-electron chi connectivity index (χ0n) is 15.2. The van der Waals surface area contributed by atoms with Gasteiger partial charge in [-0.3, -0.25) is 5.10 Å². The molecule has 5 rings (SSSR count). The maximum absolute atomic E-state index is 13.7. The van der Waals surface area contributed by atoms with E-state index in [1.165, 1.54) is 0 Å². The molecule has 3 nitrogen and oxygen atoms in total. The number of benzene rings is 2. The molecule has 0 radical (unpaired) electrons. The van der Waals surface area contributed by atoms with E-state index in [1.54, 1.807) is 48.7 Å². The fourth-order valence-corrected chi connectivity index (χ4v) is 4.63. The van der Waals surface area contributed by atoms with Crippen LogP contribution in [0.25, 0.3) is 43.9 Å². The molecule has 2 N–H and O–H groups in total. The van der Waals surface area contributed by atoms with Gasteiger partial charge in [0.2, 0.25) is 0 Å². The molecule has 0 saturated heterocycles. The van der Waals surface area contributed by atoms with Gasteiger partial charge in [-0.2, -0.15) is 18.3 Å². The third-order valence-electron chi connectivity index (χ3n) is 4.84. The average Bonchev–Trinajstić information content (AvgIpc) is 3.46. The number of halogens is 4. The summed E-state index contributed by atoms with van der Waals surface area (Å²) in [5, 5.41) is 8.64. The fraction of sp³-hybridized carbons (Fsp3) is 0.0455. The summed E-state index contributed by atoms with van der Waals surface area (Å²) in [6.07, 6.45) is -2.73. The van der Waals surface area contributed by atoms with E-state index in [4.69, 9.17) is 11.6 Å². The van der Waals surface area contributed by atoms with E-state index in [0.29, 0.717) is 38.2 Å². The Morgan fingerprint density at radius 3 is 2.50 bits per heavy atom. The smallest absolute Gasteiger partial charge is 0.360 e. The van der Waals surface area contributed by atoms with E-state index >= 15 is 0 Å². The summed E-state index contributed by atoms with van der Waals surface area (Å²) in [5.41, 5.74) is 3.58. The molecule has 0 saturated carbocycles. The molecular formula is C22H13ClF3N3S. The van der Waals surface area contributed by atoms with Crippen LogP contribution in [0.1, 0.15) is 4.88 Å². The molecule has 5 aromatic rings. The van der Waals surface area contributed by atoms with Crippen LogP contribution in [0.2, 0.25) is 5.02 Å². The first-order chi connectivity index (χ1) is 14.4. The van der Waals surface area contributed by atoms with Crippen LogP contribution in [0.3, 0.4) is 0 Å². The summed E-state index contributed by atoms with van der Waals surface area (Å²) in [6, 6.07) is 17.6. The fourth-order valence-electron chi connectivity index (χ4n) is 3.41. The van der Waals surface area contributed by atoms with E-state index in [1.807, 2.05) is 18.2 Å². The van der Waals surface area contributed by atoms with Gasteiger partial charge in [-0.25, -0.2) is 0 Å². The van der Waals surface area contributed by atoms with Crippen molar-refractivity contribution in [3.8, 4) is 33.0 Å². The Kier molecular flexibility index (Phi) is 4.45. The van der Waals surface area contributed by atoms with E-state index < -0.39 is 11.1 Å². The Hall–Kier alpha value is -3.03. The molecule has 0 atom stereocenters. The molecule has 3 aromatic heterocycles. The van der Waals surface area contributed by atoms with Gasteiger partial charge in [-0.1, -0.05) is 48.0 Å². The van der Waals surface area contributed by atoms with Crippen molar-refractivity contribution in [2.24, 2.45) is 0 Å². The van der Waals surface area contributed by atoms with E-state index in [2.05, 4.69) is 15.2 Å². The standard InChI is InChI=1S/C22H13ClF3N3S/c23-16-11-27-17-7-6-13(8-15(16)17)18-10-19(29-28-18)20-9-14(12-4-2-1-3-5-12)21(30-20)22(24,25)26/h1-11,27H,(H,28,29). The lowest BCUT2D eigenvalue weighted by Crippen LogP contribution is -2.03. The highest BCUT2D eigenvalue weighted by molar-refractivity contribution is 7.16. The molecule has 0 bridgehead atoms. The normalized spacial score (nSPS) is 12.0. The van der Waals surface area contributed by atoms with Crippen molar-refractivity contribution in [3.05, 3.63) is 76.8 Å². The number of thiophene rings is 1. The van der Waals surface area contributed by atoms with Gasteiger partial charge in [0.25, 0.3) is 0 Å². The molecule has 150 valence electrons. The van der Waals surface area contributed by atoms with Crippen molar-refractivity contribution in [2.45, 2.75) is 6.18 Å². The minimum atomic E-state index is -4.44. The number of fused-ring (bicyclic) bond motifs is 1. The maximum Gasteiger partial charge on any atom is 0.426 e. The van der Waals surface area contributed by atoms with Gasteiger partial charge in [0.1, 0.15) is 4.88 Å². The molecule has 0 aliphatic carbocycles. The highest BCUT2D eigenvalue weighted by Gasteiger charge is 2.36. The van der Waals surface area contributed by atoms with Crippen molar-refractivity contribution in [2.75, 3.05) is 0 Å². The molecule has 0 amide bonds. The highest BCUT2D eigenvalue weighted by atomic mass is 35.5. The van der Waals surface area contributed by atoms with E-state index in [0.717, 1.165) is 16.5 Å². The second kappa shape index (κ2) is 7.04. The van der Waals surface area contributed by atoms with Crippen LogP contribution < -0.4 is 0 Å². The quantitative estimate of drug-likeness (QED) is 0.296. The summed E-state index contributed by atoms with van der Waals surface area (Å²) in [5.74, 6) is 0. The summed E-state index contributed by atoms with van der Waals surface area (Å²) in [4.78, 5) is 2.92. The van der Waals surface area contributed by atoms with Crippen LogP contribution in [-0.2, 0) is 6.18 Å². The van der Waals surface area contributed by atoms with Crippen molar-refractivity contribution in [1.82, 2.24) is 15.2 Å². The van der Waals surface area contributed by atoms with Gasteiger partial charge >= 0.3 is 6.18 Å². The number of aromatic nitrogens is 3. The minimum Gasteiger partial charge on any atom is -0.360 e. The number of rotatable bonds is 3. The van der Waals surface area contributed by atoms with Gasteiger partial charge in [-0.15, -0.1) is 11.3 Å². The molecule has 2 aromatic carbocycles. The first-order valence-corrected chi connectivity index (χ1v) is 10.2. The second-order valence-corrected chi connectivity index (χ2v) is 8.24. The van der Waals surface area contributed by atoms with Crippen LogP contribution in [0.4, 0.5) is 13.2 Å². The van der Waals surface area contributed by atoms with E-state index in [9.17, 15) is 13.2 Å². The van der Waals surface area contributed by atoms with Gasteiger partial charge in [0, 0.05) is 28.2 Å². The third kappa shape index (κ3) is 3.30. The predicted molar refractivity (Wildman–Crippen MR) is 115 cm³/mol.